The van der Waals surface area contributed by atoms with Crippen LogP contribution in [-0.2, 0) is 30.9 Å². The Hall–Kier alpha value is -0.140. The topological polar surface area (TPSA) is 93.1 Å². The number of hydrogen-bond donors (Lipinski definition) is 2. The van der Waals surface area contributed by atoms with Crippen molar-refractivity contribution in [3.05, 3.63) is 0 Å². The zero-order valence-corrected chi connectivity index (χ0v) is 13.4. The van der Waals surface area contributed by atoms with Crippen LogP contribution in [0.15, 0.2) is 0 Å². The predicted octanol–water partition coefficient (Wildman–Crippen LogP) is 0.899. The van der Waals surface area contributed by atoms with Crippen LogP contribution in [0.3, 0.4) is 0 Å². The van der Waals surface area contributed by atoms with Crippen molar-refractivity contribution in [2.75, 3.05) is 25.9 Å². The first-order valence-electron chi connectivity index (χ1n) is 5.72. The van der Waals surface area contributed by atoms with Crippen LogP contribution in [-0.4, -0.2) is 53.3 Å². The molecule has 19 heavy (non-hydrogen) atoms. The van der Waals surface area contributed by atoms with Crippen molar-refractivity contribution < 1.29 is 29.3 Å². The third kappa shape index (κ3) is 7.27. The Morgan fingerprint density at radius 1 is 1.21 bits per heavy atom. The van der Waals surface area contributed by atoms with Crippen molar-refractivity contribution in [3.8, 4) is 0 Å². The fraction of sp³-hybridized carbons (Fsp3) is 0.800. The highest BCUT2D eigenvalue weighted by atomic mass is 32.9. The van der Waals surface area contributed by atoms with Crippen LogP contribution in [0.2, 0.25) is 0 Å². The molecular weight excluding hydrogens is 311 g/mol. The Balaban J connectivity index is 4.81. The lowest BCUT2D eigenvalue weighted by Crippen LogP contribution is -2.24. The summed E-state index contributed by atoms with van der Waals surface area (Å²) in [7, 11) is 0. The fourth-order valence-electron chi connectivity index (χ4n) is 1.11. The Kier molecular flexibility index (Phi) is 9.64. The maximum atomic E-state index is 11.7. The maximum Gasteiger partial charge on any atom is 0.320 e. The summed E-state index contributed by atoms with van der Waals surface area (Å²) >= 11 is 6.06. The van der Waals surface area contributed by atoms with Crippen LogP contribution in [0, 0.1) is 0 Å². The van der Waals surface area contributed by atoms with Crippen molar-refractivity contribution in [1.29, 1.82) is 0 Å². The third-order valence-electron chi connectivity index (χ3n) is 1.96. The second-order valence-electron chi connectivity index (χ2n) is 3.45. The van der Waals surface area contributed by atoms with E-state index in [-0.39, 0.29) is 32.3 Å². The van der Waals surface area contributed by atoms with E-state index in [9.17, 15) is 19.8 Å². The molecule has 0 aliphatic heterocycles. The second kappa shape index (κ2) is 9.72. The van der Waals surface area contributed by atoms with Gasteiger partial charge in [-0.25, -0.2) is 0 Å². The lowest BCUT2D eigenvalue weighted by atomic mass is 10.3. The molecule has 2 N–H and O–H groups in total. The first kappa shape index (κ1) is 18.9. The monoisotopic (exact) mass is 330 g/mol. The van der Waals surface area contributed by atoms with E-state index in [0.29, 0.717) is 0 Å². The van der Waals surface area contributed by atoms with E-state index in [2.05, 4.69) is 0 Å². The van der Waals surface area contributed by atoms with Crippen molar-refractivity contribution in [1.82, 2.24) is 0 Å². The lowest BCUT2D eigenvalue weighted by molar-refractivity contribution is -0.149. The normalized spacial score (nSPS) is 12.8. The van der Waals surface area contributed by atoms with E-state index in [1.807, 2.05) is 0 Å². The minimum Gasteiger partial charge on any atom is -0.466 e. The van der Waals surface area contributed by atoms with Gasteiger partial charge in [0.25, 0.3) is 0 Å². The Morgan fingerprint density at radius 2 is 1.74 bits per heavy atom. The van der Waals surface area contributed by atoms with Crippen LogP contribution < -0.4 is 0 Å². The summed E-state index contributed by atoms with van der Waals surface area (Å²) in [5.41, 5.74) is 0. The average Bonchev–Trinajstić information content (AvgIpc) is 2.38. The molecular formula is C10H19O6PS2. The quantitative estimate of drug-likeness (QED) is 0.476. The number of aliphatic hydroxyl groups excluding tert-OH is 2. The van der Waals surface area contributed by atoms with Crippen molar-refractivity contribution in [2.24, 2.45) is 0 Å². The van der Waals surface area contributed by atoms with E-state index in [4.69, 9.17) is 21.3 Å². The van der Waals surface area contributed by atoms with Crippen LogP contribution in [0.1, 0.15) is 20.3 Å². The zero-order chi connectivity index (χ0) is 14.9. The number of rotatable bonds is 9. The van der Waals surface area contributed by atoms with E-state index in [1.165, 1.54) is 0 Å². The average molecular weight is 330 g/mol. The molecule has 0 bridgehead atoms. The van der Waals surface area contributed by atoms with Crippen molar-refractivity contribution in [3.63, 3.8) is 0 Å². The van der Waals surface area contributed by atoms with E-state index >= 15 is 0 Å². The maximum absolute atomic E-state index is 11.7. The molecule has 0 aromatic carbocycles. The molecule has 0 fully saturated rings. The number of carbonyl (C=O) groups excluding carboxylic acids is 2. The molecule has 0 aromatic heterocycles. The highest BCUT2D eigenvalue weighted by Crippen LogP contribution is 2.59. The van der Waals surface area contributed by atoms with Gasteiger partial charge in [-0.05, 0) is 13.8 Å². The molecule has 0 spiro atoms. The molecule has 0 radical (unpaired) electrons. The molecule has 0 rings (SSSR count). The van der Waals surface area contributed by atoms with E-state index < -0.39 is 22.4 Å². The molecule has 0 saturated heterocycles. The Labute approximate surface area is 121 Å². The summed E-state index contributed by atoms with van der Waals surface area (Å²) in [4.78, 5) is 23.2. The third-order valence-corrected chi connectivity index (χ3v) is 7.89. The first-order valence-corrected chi connectivity index (χ1v) is 10.4. The number of carbonyl (C=O) groups is 2. The molecule has 9 heteroatoms. The summed E-state index contributed by atoms with van der Waals surface area (Å²) in [6.07, 6.45) is -0.958. The van der Waals surface area contributed by atoms with Gasteiger partial charge in [-0.2, -0.15) is 0 Å². The molecule has 0 aliphatic rings. The SMILES string of the molecule is CCOC(=O)CC(SP(=S)(CO)CO)C(=O)OCC. The summed E-state index contributed by atoms with van der Waals surface area (Å²) in [5, 5.41) is 15.0. The minimum absolute atomic E-state index is 0.180. The predicted molar refractivity (Wildman–Crippen MR) is 77.7 cm³/mol. The zero-order valence-electron chi connectivity index (χ0n) is 10.9. The molecule has 0 aliphatic carbocycles. The van der Waals surface area contributed by atoms with Gasteiger partial charge in [0.05, 0.1) is 37.6 Å². The van der Waals surface area contributed by atoms with Gasteiger partial charge in [0.1, 0.15) is 5.25 Å². The van der Waals surface area contributed by atoms with Gasteiger partial charge in [0.2, 0.25) is 0 Å². The van der Waals surface area contributed by atoms with Crippen LogP contribution in [0.5, 0.6) is 0 Å². The molecule has 0 saturated carbocycles. The van der Waals surface area contributed by atoms with E-state index in [1.54, 1.807) is 13.8 Å². The molecule has 0 amide bonds. The number of esters is 2. The Bertz CT molecular complexity index is 341. The summed E-state index contributed by atoms with van der Waals surface area (Å²) in [6, 6.07) is 0. The van der Waals surface area contributed by atoms with Gasteiger partial charge < -0.3 is 19.7 Å². The molecule has 6 nitrogen and oxygen atoms in total. The van der Waals surface area contributed by atoms with Gasteiger partial charge in [0.15, 0.2) is 0 Å². The fourth-order valence-corrected chi connectivity index (χ4v) is 5.37. The van der Waals surface area contributed by atoms with Gasteiger partial charge in [-0.15, -0.1) is 11.4 Å². The summed E-state index contributed by atoms with van der Waals surface area (Å²) in [5.74, 6) is -1.12. The molecule has 0 heterocycles. The summed E-state index contributed by atoms with van der Waals surface area (Å²) < 4.78 is 9.63. The second-order valence-corrected chi connectivity index (χ2v) is 11.9. The number of aliphatic hydroxyl groups is 2. The standard InChI is InChI=1S/C10H19O6PS2/c1-3-15-9(13)5-8(10(14)16-4-2)19-17(18,6-11)7-12/h8,11-12H,3-7H2,1-2H3. The Morgan fingerprint density at radius 3 is 2.16 bits per heavy atom. The van der Waals surface area contributed by atoms with Crippen molar-refractivity contribution >= 4 is 40.4 Å². The van der Waals surface area contributed by atoms with Crippen LogP contribution in [0.4, 0.5) is 0 Å². The first-order chi connectivity index (χ1) is 8.92. The number of hydrogen-bond acceptors (Lipinski definition) is 8. The lowest BCUT2D eigenvalue weighted by Gasteiger charge is -2.21. The van der Waals surface area contributed by atoms with Gasteiger partial charge >= 0.3 is 11.9 Å². The molecule has 1 atom stereocenters. The van der Waals surface area contributed by atoms with Crippen LogP contribution >= 0.6 is 16.6 Å². The van der Waals surface area contributed by atoms with E-state index in [0.717, 1.165) is 11.4 Å². The van der Waals surface area contributed by atoms with Gasteiger partial charge in [0, 0.05) is 0 Å². The van der Waals surface area contributed by atoms with Gasteiger partial charge in [-0.3, -0.25) is 9.59 Å². The summed E-state index contributed by atoms with van der Waals surface area (Å²) in [6.45, 7) is 3.71. The van der Waals surface area contributed by atoms with Gasteiger partial charge in [-0.1, -0.05) is 11.8 Å². The highest BCUT2D eigenvalue weighted by Gasteiger charge is 2.30. The molecule has 1 unspecified atom stereocenters. The highest BCUT2D eigenvalue weighted by molar-refractivity contribution is 8.71. The largest absolute Gasteiger partial charge is 0.466 e. The van der Waals surface area contributed by atoms with Crippen LogP contribution in [0.25, 0.3) is 0 Å². The van der Waals surface area contributed by atoms with Crippen molar-refractivity contribution in [2.45, 2.75) is 25.5 Å². The minimum atomic E-state index is -2.54. The number of ether oxygens (including phenoxy) is 2. The molecule has 112 valence electrons. The smallest absolute Gasteiger partial charge is 0.320 e. The molecule has 0 aromatic rings.